The highest BCUT2D eigenvalue weighted by Gasteiger charge is 2.25. The third-order valence-corrected chi connectivity index (χ3v) is 5.27. The molecule has 2 aromatic carbocycles. The number of hydrogen-bond donors (Lipinski definition) is 1. The van der Waals surface area contributed by atoms with Gasteiger partial charge in [0, 0.05) is 5.56 Å². The zero-order valence-corrected chi connectivity index (χ0v) is 17.1. The number of benzene rings is 2. The van der Waals surface area contributed by atoms with Gasteiger partial charge in [-0.1, -0.05) is 42.5 Å². The van der Waals surface area contributed by atoms with E-state index in [4.69, 9.17) is 9.15 Å². The van der Waals surface area contributed by atoms with Gasteiger partial charge >= 0.3 is 11.7 Å². The standard InChI is InChI=1S/C23H23N3O5/c1-15(21(28)24-19-13-7-11-16-8-5-6-12-18(16)19)30-20(27)14-26-23(29)31-22(25-26)17-9-3-2-4-10-17/h2-6,8-10,12,15,19H,7,11,13-14H2,1H3,(H,24,28)/t15-,19+/m1/s1. The topological polar surface area (TPSA) is 103 Å². The third-order valence-electron chi connectivity index (χ3n) is 5.27. The monoisotopic (exact) mass is 421 g/mol. The van der Waals surface area contributed by atoms with Gasteiger partial charge < -0.3 is 14.5 Å². The van der Waals surface area contributed by atoms with Gasteiger partial charge in [0.1, 0.15) is 6.54 Å². The number of carbonyl (C=O) groups excluding carboxylic acids is 2. The van der Waals surface area contributed by atoms with Crippen molar-refractivity contribution in [2.75, 3.05) is 0 Å². The van der Waals surface area contributed by atoms with Crippen LogP contribution in [0.1, 0.15) is 36.9 Å². The molecule has 1 aliphatic rings. The fourth-order valence-electron chi connectivity index (χ4n) is 3.71. The van der Waals surface area contributed by atoms with Gasteiger partial charge in [0.25, 0.3) is 5.91 Å². The Morgan fingerprint density at radius 2 is 1.94 bits per heavy atom. The Labute approximate surface area is 178 Å². The van der Waals surface area contributed by atoms with Gasteiger partial charge in [-0.3, -0.25) is 9.59 Å². The maximum atomic E-state index is 12.6. The SMILES string of the molecule is C[C@@H](OC(=O)Cn1nc(-c2ccccc2)oc1=O)C(=O)N[C@H]1CCCc2ccccc21. The molecule has 160 valence electrons. The molecule has 8 heteroatoms. The minimum absolute atomic E-state index is 0.106. The summed E-state index contributed by atoms with van der Waals surface area (Å²) in [4.78, 5) is 36.8. The number of ether oxygens (including phenoxy) is 1. The third kappa shape index (κ3) is 4.74. The second kappa shape index (κ2) is 8.99. The second-order valence-corrected chi connectivity index (χ2v) is 7.48. The number of rotatable bonds is 6. The average molecular weight is 421 g/mol. The molecule has 0 unspecified atom stereocenters. The Kier molecular flexibility index (Phi) is 5.97. The Morgan fingerprint density at radius 1 is 1.19 bits per heavy atom. The highest BCUT2D eigenvalue weighted by atomic mass is 16.5. The van der Waals surface area contributed by atoms with Crippen molar-refractivity contribution in [1.82, 2.24) is 15.1 Å². The summed E-state index contributed by atoms with van der Waals surface area (Å²) in [6.45, 7) is 1.06. The van der Waals surface area contributed by atoms with Gasteiger partial charge in [0.05, 0.1) is 6.04 Å². The number of amides is 1. The number of hydrogen-bond acceptors (Lipinski definition) is 6. The van der Waals surface area contributed by atoms with E-state index in [9.17, 15) is 14.4 Å². The minimum Gasteiger partial charge on any atom is -0.451 e. The number of nitrogens with zero attached hydrogens (tertiary/aromatic N) is 2. The first-order valence-electron chi connectivity index (χ1n) is 10.2. The van der Waals surface area contributed by atoms with Gasteiger partial charge in [-0.25, -0.2) is 4.79 Å². The molecular formula is C23H23N3O5. The smallest absolute Gasteiger partial charge is 0.437 e. The molecule has 0 aliphatic heterocycles. The zero-order chi connectivity index (χ0) is 21.8. The molecule has 1 amide bonds. The van der Waals surface area contributed by atoms with Crippen LogP contribution >= 0.6 is 0 Å². The number of aryl methyl sites for hydroxylation is 1. The Bertz CT molecular complexity index is 1140. The van der Waals surface area contributed by atoms with Crippen LogP contribution in [0.5, 0.6) is 0 Å². The van der Waals surface area contributed by atoms with E-state index in [1.54, 1.807) is 24.3 Å². The largest absolute Gasteiger partial charge is 0.451 e. The Balaban J connectivity index is 1.36. The molecule has 1 N–H and O–H groups in total. The van der Waals surface area contributed by atoms with Crippen LogP contribution in [0.15, 0.2) is 63.8 Å². The van der Waals surface area contributed by atoms with E-state index in [1.165, 1.54) is 12.5 Å². The highest BCUT2D eigenvalue weighted by Crippen LogP contribution is 2.29. The summed E-state index contributed by atoms with van der Waals surface area (Å²) >= 11 is 0. The van der Waals surface area contributed by atoms with Crippen molar-refractivity contribution in [3.8, 4) is 11.5 Å². The van der Waals surface area contributed by atoms with Gasteiger partial charge in [0.2, 0.25) is 5.89 Å². The van der Waals surface area contributed by atoms with Crippen LogP contribution in [0.25, 0.3) is 11.5 Å². The van der Waals surface area contributed by atoms with Gasteiger partial charge in [-0.15, -0.1) is 5.10 Å². The average Bonchev–Trinajstić information content (AvgIpc) is 3.14. The quantitative estimate of drug-likeness (QED) is 0.614. The van der Waals surface area contributed by atoms with Gasteiger partial charge in [-0.2, -0.15) is 4.68 Å². The molecule has 31 heavy (non-hydrogen) atoms. The molecule has 0 saturated heterocycles. The van der Waals surface area contributed by atoms with Crippen LogP contribution in [-0.4, -0.2) is 27.8 Å². The van der Waals surface area contributed by atoms with Crippen LogP contribution in [-0.2, 0) is 27.3 Å². The minimum atomic E-state index is -1.00. The van der Waals surface area contributed by atoms with Crippen molar-refractivity contribution in [2.24, 2.45) is 0 Å². The summed E-state index contributed by atoms with van der Waals surface area (Å²) in [7, 11) is 0. The molecule has 3 aromatic rings. The van der Waals surface area contributed by atoms with E-state index in [0.717, 1.165) is 29.5 Å². The molecule has 0 spiro atoms. The summed E-state index contributed by atoms with van der Waals surface area (Å²) in [5, 5.41) is 6.99. The van der Waals surface area contributed by atoms with Crippen LogP contribution in [0.4, 0.5) is 0 Å². The molecule has 4 rings (SSSR count). The second-order valence-electron chi connectivity index (χ2n) is 7.48. The lowest BCUT2D eigenvalue weighted by molar-refractivity contribution is -0.156. The highest BCUT2D eigenvalue weighted by molar-refractivity contribution is 5.83. The molecule has 1 aliphatic carbocycles. The fourth-order valence-corrected chi connectivity index (χ4v) is 3.71. The zero-order valence-electron chi connectivity index (χ0n) is 17.1. The summed E-state index contributed by atoms with van der Waals surface area (Å²) in [5.41, 5.74) is 2.94. The summed E-state index contributed by atoms with van der Waals surface area (Å²) in [5.74, 6) is -1.79. The molecule has 0 radical (unpaired) electrons. The lowest BCUT2D eigenvalue weighted by Gasteiger charge is -2.27. The number of fused-ring (bicyclic) bond motifs is 1. The lowest BCUT2D eigenvalue weighted by atomic mass is 9.87. The van der Waals surface area contributed by atoms with E-state index in [-0.39, 0.29) is 17.8 Å². The number of esters is 1. The molecule has 0 saturated carbocycles. The van der Waals surface area contributed by atoms with E-state index < -0.39 is 24.4 Å². The molecule has 8 nitrogen and oxygen atoms in total. The van der Waals surface area contributed by atoms with Crippen LogP contribution in [0, 0.1) is 0 Å². The summed E-state index contributed by atoms with van der Waals surface area (Å²) < 4.78 is 11.2. The van der Waals surface area contributed by atoms with Gasteiger partial charge in [0.15, 0.2) is 6.10 Å². The van der Waals surface area contributed by atoms with Crippen molar-refractivity contribution in [3.63, 3.8) is 0 Å². The predicted octanol–water partition coefficient (Wildman–Crippen LogP) is 2.63. The van der Waals surface area contributed by atoms with Crippen LogP contribution in [0.3, 0.4) is 0 Å². The van der Waals surface area contributed by atoms with E-state index >= 15 is 0 Å². The fraction of sp³-hybridized carbons (Fsp3) is 0.304. The first-order chi connectivity index (χ1) is 15.0. The first-order valence-corrected chi connectivity index (χ1v) is 10.2. The van der Waals surface area contributed by atoms with Crippen LogP contribution in [0.2, 0.25) is 0 Å². The number of aromatic nitrogens is 2. The van der Waals surface area contributed by atoms with E-state index in [2.05, 4.69) is 16.5 Å². The molecule has 0 bridgehead atoms. The van der Waals surface area contributed by atoms with Crippen molar-refractivity contribution in [3.05, 3.63) is 76.3 Å². The summed E-state index contributed by atoms with van der Waals surface area (Å²) in [6, 6.07) is 16.8. The predicted molar refractivity (Wildman–Crippen MR) is 112 cm³/mol. The lowest BCUT2D eigenvalue weighted by Crippen LogP contribution is -2.40. The van der Waals surface area contributed by atoms with Crippen LogP contribution < -0.4 is 11.1 Å². The van der Waals surface area contributed by atoms with E-state index in [0.29, 0.717) is 5.56 Å². The van der Waals surface area contributed by atoms with Crippen molar-refractivity contribution in [2.45, 2.75) is 44.9 Å². The van der Waals surface area contributed by atoms with Crippen molar-refractivity contribution in [1.29, 1.82) is 0 Å². The number of carbonyl (C=O) groups is 2. The molecule has 0 fully saturated rings. The maximum Gasteiger partial charge on any atom is 0.437 e. The van der Waals surface area contributed by atoms with E-state index in [1.807, 2.05) is 24.3 Å². The Hall–Kier alpha value is -3.68. The van der Waals surface area contributed by atoms with Crippen molar-refractivity contribution < 1.29 is 18.7 Å². The molecular weight excluding hydrogens is 398 g/mol. The normalized spacial score (nSPS) is 16.2. The molecule has 2 atom stereocenters. The first kappa shape index (κ1) is 20.6. The van der Waals surface area contributed by atoms with Gasteiger partial charge in [-0.05, 0) is 49.4 Å². The summed E-state index contributed by atoms with van der Waals surface area (Å²) in [6.07, 6.45) is 1.80. The molecule has 1 heterocycles. The maximum absolute atomic E-state index is 12.6. The Morgan fingerprint density at radius 3 is 2.74 bits per heavy atom. The van der Waals surface area contributed by atoms with Crippen molar-refractivity contribution >= 4 is 11.9 Å². The molecule has 1 aromatic heterocycles. The number of nitrogens with one attached hydrogen (secondary N) is 1.